The van der Waals surface area contributed by atoms with Crippen molar-refractivity contribution >= 4 is 12.6 Å². The molecule has 1 aliphatic heterocycles. The van der Waals surface area contributed by atoms with E-state index in [1.807, 2.05) is 12.1 Å². The second-order valence-corrected chi connectivity index (χ2v) is 5.43. The molecular weight excluding hydrogens is 225 g/mol. The largest absolute Gasteiger partial charge is 0.488 e. The van der Waals surface area contributed by atoms with E-state index in [4.69, 9.17) is 10.0 Å². The highest BCUT2D eigenvalue weighted by Gasteiger charge is 2.21. The molecule has 1 unspecified atom stereocenters. The summed E-state index contributed by atoms with van der Waals surface area (Å²) in [7, 11) is -1.37. The Kier molecular flexibility index (Phi) is 4.43. The van der Waals surface area contributed by atoms with Gasteiger partial charge in [0.25, 0.3) is 0 Å². The van der Waals surface area contributed by atoms with Gasteiger partial charge in [0.15, 0.2) is 0 Å². The summed E-state index contributed by atoms with van der Waals surface area (Å²) in [6.45, 7) is 6.86. The van der Waals surface area contributed by atoms with Crippen molar-refractivity contribution in [2.75, 3.05) is 13.1 Å². The Morgan fingerprint density at radius 1 is 1.17 bits per heavy atom. The van der Waals surface area contributed by atoms with Crippen LogP contribution in [-0.2, 0) is 0 Å². The third-order valence-electron chi connectivity index (χ3n) is 4.08. The first-order chi connectivity index (χ1) is 8.58. The summed E-state index contributed by atoms with van der Waals surface area (Å²) < 4.78 is 0. The van der Waals surface area contributed by atoms with E-state index in [0.717, 1.165) is 19.0 Å². The van der Waals surface area contributed by atoms with Gasteiger partial charge in [-0.05, 0) is 49.8 Å². The highest BCUT2D eigenvalue weighted by Crippen LogP contribution is 2.25. The van der Waals surface area contributed by atoms with Gasteiger partial charge in [-0.3, -0.25) is 4.90 Å². The summed E-state index contributed by atoms with van der Waals surface area (Å²) in [6, 6.07) is 7.99. The van der Waals surface area contributed by atoms with E-state index in [9.17, 15) is 0 Å². The molecule has 0 saturated carbocycles. The maximum absolute atomic E-state index is 9.08. The van der Waals surface area contributed by atoms with Crippen molar-refractivity contribution in [3.63, 3.8) is 0 Å². The predicted octanol–water partition coefficient (Wildman–Crippen LogP) is 1.16. The Labute approximate surface area is 110 Å². The standard InChI is InChI=1S/C14H22BNO2/c1-11-7-9-16(10-8-11)12(2)13-3-5-14(6-4-13)15(17)18/h3-6,11-12,17-18H,7-10H2,1-2H3. The van der Waals surface area contributed by atoms with Gasteiger partial charge in [0.2, 0.25) is 0 Å². The summed E-state index contributed by atoms with van der Waals surface area (Å²) in [5.41, 5.74) is 1.80. The number of likely N-dealkylation sites (tertiary alicyclic amines) is 1. The van der Waals surface area contributed by atoms with Crippen LogP contribution in [-0.4, -0.2) is 35.2 Å². The molecule has 98 valence electrons. The van der Waals surface area contributed by atoms with Crippen LogP contribution in [0.5, 0.6) is 0 Å². The zero-order valence-electron chi connectivity index (χ0n) is 11.2. The van der Waals surface area contributed by atoms with Crippen molar-refractivity contribution in [2.24, 2.45) is 5.92 Å². The van der Waals surface area contributed by atoms with Gasteiger partial charge in [0.05, 0.1) is 0 Å². The van der Waals surface area contributed by atoms with Gasteiger partial charge in [-0.2, -0.15) is 0 Å². The molecule has 0 amide bonds. The average molecular weight is 247 g/mol. The zero-order chi connectivity index (χ0) is 13.1. The Bertz CT molecular complexity index is 372. The second-order valence-electron chi connectivity index (χ2n) is 5.43. The minimum absolute atomic E-state index is 0.405. The van der Waals surface area contributed by atoms with E-state index in [2.05, 4.69) is 18.7 Å². The van der Waals surface area contributed by atoms with Crippen LogP contribution in [0.25, 0.3) is 0 Å². The van der Waals surface area contributed by atoms with E-state index in [0.29, 0.717) is 11.5 Å². The van der Waals surface area contributed by atoms with Crippen molar-refractivity contribution < 1.29 is 10.0 Å². The van der Waals surface area contributed by atoms with Crippen LogP contribution in [0.4, 0.5) is 0 Å². The quantitative estimate of drug-likeness (QED) is 0.788. The lowest BCUT2D eigenvalue weighted by atomic mass is 9.80. The van der Waals surface area contributed by atoms with Crippen LogP contribution in [0.3, 0.4) is 0 Å². The van der Waals surface area contributed by atoms with Crippen LogP contribution >= 0.6 is 0 Å². The van der Waals surface area contributed by atoms with Gasteiger partial charge in [0.1, 0.15) is 0 Å². The molecule has 4 heteroatoms. The molecule has 1 saturated heterocycles. The molecule has 0 spiro atoms. The third-order valence-corrected chi connectivity index (χ3v) is 4.08. The molecular formula is C14H22BNO2. The van der Waals surface area contributed by atoms with Crippen molar-refractivity contribution in [1.82, 2.24) is 4.90 Å². The maximum atomic E-state index is 9.08. The molecule has 1 heterocycles. The van der Waals surface area contributed by atoms with Gasteiger partial charge in [-0.1, -0.05) is 31.2 Å². The van der Waals surface area contributed by atoms with E-state index in [1.54, 1.807) is 12.1 Å². The molecule has 1 aromatic rings. The predicted molar refractivity (Wildman–Crippen MR) is 74.7 cm³/mol. The monoisotopic (exact) mass is 247 g/mol. The lowest BCUT2D eigenvalue weighted by molar-refractivity contribution is 0.147. The highest BCUT2D eigenvalue weighted by molar-refractivity contribution is 6.58. The number of benzene rings is 1. The van der Waals surface area contributed by atoms with Crippen LogP contribution in [0, 0.1) is 5.92 Å². The van der Waals surface area contributed by atoms with Crippen molar-refractivity contribution in [3.05, 3.63) is 29.8 Å². The van der Waals surface area contributed by atoms with Crippen molar-refractivity contribution in [1.29, 1.82) is 0 Å². The SMILES string of the molecule is CC1CCN(C(C)c2ccc(B(O)O)cc2)CC1. The molecule has 1 atom stereocenters. The highest BCUT2D eigenvalue weighted by atomic mass is 16.4. The topological polar surface area (TPSA) is 43.7 Å². The molecule has 1 aliphatic rings. The fourth-order valence-corrected chi connectivity index (χ4v) is 2.57. The van der Waals surface area contributed by atoms with Crippen molar-refractivity contribution in [3.8, 4) is 0 Å². The average Bonchev–Trinajstić information content (AvgIpc) is 2.39. The summed E-state index contributed by atoms with van der Waals surface area (Å²) in [5.74, 6) is 0.848. The van der Waals surface area contributed by atoms with Gasteiger partial charge in [-0.25, -0.2) is 0 Å². The summed E-state index contributed by atoms with van der Waals surface area (Å²) >= 11 is 0. The van der Waals surface area contributed by atoms with E-state index in [1.165, 1.54) is 18.4 Å². The molecule has 0 bridgehead atoms. The Balaban J connectivity index is 2.02. The number of hydrogen-bond donors (Lipinski definition) is 2. The molecule has 1 fully saturated rings. The third kappa shape index (κ3) is 3.13. The van der Waals surface area contributed by atoms with E-state index in [-0.39, 0.29) is 0 Å². The number of hydrogen-bond acceptors (Lipinski definition) is 3. The molecule has 2 rings (SSSR count). The first kappa shape index (κ1) is 13.6. The first-order valence-corrected chi connectivity index (χ1v) is 6.78. The van der Waals surface area contributed by atoms with Crippen LogP contribution in [0.2, 0.25) is 0 Å². The van der Waals surface area contributed by atoms with Gasteiger partial charge in [-0.15, -0.1) is 0 Å². The number of piperidine rings is 1. The van der Waals surface area contributed by atoms with Gasteiger partial charge >= 0.3 is 7.12 Å². The maximum Gasteiger partial charge on any atom is 0.488 e. The van der Waals surface area contributed by atoms with Gasteiger partial charge in [0, 0.05) is 6.04 Å². The second kappa shape index (κ2) is 5.87. The fraction of sp³-hybridized carbons (Fsp3) is 0.571. The first-order valence-electron chi connectivity index (χ1n) is 6.78. The van der Waals surface area contributed by atoms with Crippen LogP contribution < -0.4 is 5.46 Å². The smallest absolute Gasteiger partial charge is 0.423 e. The minimum atomic E-state index is -1.37. The lowest BCUT2D eigenvalue weighted by Crippen LogP contribution is -2.35. The molecule has 2 N–H and O–H groups in total. The fourth-order valence-electron chi connectivity index (χ4n) is 2.57. The zero-order valence-corrected chi connectivity index (χ0v) is 11.2. The molecule has 0 aliphatic carbocycles. The normalized spacial score (nSPS) is 19.8. The van der Waals surface area contributed by atoms with E-state index < -0.39 is 7.12 Å². The Morgan fingerprint density at radius 2 is 1.72 bits per heavy atom. The molecule has 1 aromatic carbocycles. The number of rotatable bonds is 3. The van der Waals surface area contributed by atoms with Crippen LogP contribution in [0.15, 0.2) is 24.3 Å². The summed E-state index contributed by atoms with van der Waals surface area (Å²) in [4.78, 5) is 2.50. The summed E-state index contributed by atoms with van der Waals surface area (Å²) in [5, 5.41) is 18.2. The summed E-state index contributed by atoms with van der Waals surface area (Å²) in [6.07, 6.45) is 2.55. The lowest BCUT2D eigenvalue weighted by Gasteiger charge is -2.35. The Hall–Kier alpha value is -0.835. The molecule has 3 nitrogen and oxygen atoms in total. The van der Waals surface area contributed by atoms with Gasteiger partial charge < -0.3 is 10.0 Å². The van der Waals surface area contributed by atoms with Crippen LogP contribution in [0.1, 0.15) is 38.3 Å². The van der Waals surface area contributed by atoms with E-state index >= 15 is 0 Å². The van der Waals surface area contributed by atoms with Crippen molar-refractivity contribution in [2.45, 2.75) is 32.7 Å². The Morgan fingerprint density at radius 3 is 2.22 bits per heavy atom. The number of nitrogens with zero attached hydrogens (tertiary/aromatic N) is 1. The minimum Gasteiger partial charge on any atom is -0.423 e. The molecule has 18 heavy (non-hydrogen) atoms. The molecule has 0 radical (unpaired) electrons. The molecule has 0 aromatic heterocycles.